The Morgan fingerprint density at radius 1 is 1.50 bits per heavy atom. The first-order valence-electron chi connectivity index (χ1n) is 5.43. The zero-order valence-electron chi connectivity index (χ0n) is 9.83. The van der Waals surface area contributed by atoms with Gasteiger partial charge in [0.05, 0.1) is 18.6 Å². The van der Waals surface area contributed by atoms with E-state index in [2.05, 4.69) is 20.6 Å². The molecule has 0 fully saturated rings. The molecule has 1 heterocycles. The molecule has 0 bridgehead atoms. The first kappa shape index (κ1) is 12.4. The summed E-state index contributed by atoms with van der Waals surface area (Å²) in [4.78, 5) is 18.4. The van der Waals surface area contributed by atoms with Crippen molar-refractivity contribution in [3.05, 3.63) is 47.0 Å². The van der Waals surface area contributed by atoms with Gasteiger partial charge in [0.1, 0.15) is 0 Å². The van der Waals surface area contributed by atoms with Crippen molar-refractivity contribution >= 4 is 23.3 Å². The van der Waals surface area contributed by atoms with E-state index >= 15 is 0 Å². The lowest BCUT2D eigenvalue weighted by atomic mass is 10.2. The predicted molar refractivity (Wildman–Crippen MR) is 70.6 cm³/mol. The minimum absolute atomic E-state index is 0.287. The highest BCUT2D eigenvalue weighted by molar-refractivity contribution is 6.31. The van der Waals surface area contributed by atoms with E-state index in [0.717, 1.165) is 11.3 Å². The molecule has 0 aliphatic rings. The number of aromatic amines is 1. The van der Waals surface area contributed by atoms with Crippen molar-refractivity contribution in [1.82, 2.24) is 15.3 Å². The van der Waals surface area contributed by atoms with Crippen LogP contribution in [-0.2, 0) is 6.54 Å². The van der Waals surface area contributed by atoms with Crippen LogP contribution in [0.2, 0.25) is 5.02 Å². The van der Waals surface area contributed by atoms with Crippen LogP contribution >= 0.6 is 11.6 Å². The zero-order valence-corrected chi connectivity index (χ0v) is 10.6. The largest absolute Gasteiger partial charge is 0.347 e. The number of carbonyl (C=O) groups excluding carboxylic acids is 1. The number of benzene rings is 1. The first-order valence-corrected chi connectivity index (χ1v) is 5.81. The molecular weight excluding hydrogens is 252 g/mol. The normalized spacial score (nSPS) is 10.1. The van der Waals surface area contributed by atoms with Crippen molar-refractivity contribution in [1.29, 1.82) is 0 Å². The summed E-state index contributed by atoms with van der Waals surface area (Å²) in [6.45, 7) is 2.30. The van der Waals surface area contributed by atoms with E-state index in [0.29, 0.717) is 17.3 Å². The highest BCUT2D eigenvalue weighted by Gasteiger charge is 2.03. The fraction of sp³-hybridized carbons (Fsp3) is 0.167. The minimum Gasteiger partial charge on any atom is -0.347 e. The summed E-state index contributed by atoms with van der Waals surface area (Å²) >= 11 is 5.97. The molecule has 0 aliphatic heterocycles. The van der Waals surface area contributed by atoms with Gasteiger partial charge in [-0.05, 0) is 24.6 Å². The third-order valence-corrected chi connectivity index (χ3v) is 2.83. The van der Waals surface area contributed by atoms with E-state index < -0.39 is 0 Å². The maximum absolute atomic E-state index is 11.6. The molecule has 0 saturated heterocycles. The molecule has 0 spiro atoms. The van der Waals surface area contributed by atoms with Gasteiger partial charge < -0.3 is 15.6 Å². The summed E-state index contributed by atoms with van der Waals surface area (Å²) < 4.78 is 0. The predicted octanol–water partition coefficient (Wildman–Crippen LogP) is 2.69. The smallest absolute Gasteiger partial charge is 0.319 e. The monoisotopic (exact) mass is 264 g/mol. The van der Waals surface area contributed by atoms with Crippen molar-refractivity contribution in [3.63, 3.8) is 0 Å². The number of imidazole rings is 1. The lowest BCUT2D eigenvalue weighted by Gasteiger charge is -2.07. The topological polar surface area (TPSA) is 69.8 Å². The van der Waals surface area contributed by atoms with Crippen LogP contribution < -0.4 is 10.6 Å². The van der Waals surface area contributed by atoms with Gasteiger partial charge in [0.25, 0.3) is 0 Å². The highest BCUT2D eigenvalue weighted by atomic mass is 35.5. The van der Waals surface area contributed by atoms with Gasteiger partial charge >= 0.3 is 6.03 Å². The second kappa shape index (κ2) is 5.55. The fourth-order valence-electron chi connectivity index (χ4n) is 1.40. The summed E-state index contributed by atoms with van der Waals surface area (Å²) in [5, 5.41) is 6.03. The molecule has 2 amide bonds. The summed E-state index contributed by atoms with van der Waals surface area (Å²) in [5.74, 6) is 0. The number of anilines is 1. The molecule has 0 saturated carbocycles. The quantitative estimate of drug-likeness (QED) is 0.798. The molecule has 0 atom stereocenters. The number of hydrogen-bond donors (Lipinski definition) is 3. The Hall–Kier alpha value is -2.01. The van der Waals surface area contributed by atoms with E-state index in [-0.39, 0.29) is 6.03 Å². The number of hydrogen-bond acceptors (Lipinski definition) is 2. The minimum atomic E-state index is -0.287. The molecule has 18 heavy (non-hydrogen) atoms. The number of aromatic nitrogens is 2. The number of nitrogens with one attached hydrogen (secondary N) is 3. The molecule has 3 N–H and O–H groups in total. The van der Waals surface area contributed by atoms with E-state index in [9.17, 15) is 4.79 Å². The number of H-pyrrole nitrogens is 1. The number of amides is 2. The van der Waals surface area contributed by atoms with Crippen molar-refractivity contribution < 1.29 is 4.79 Å². The average Bonchev–Trinajstić information content (AvgIpc) is 2.84. The van der Waals surface area contributed by atoms with Gasteiger partial charge in [0, 0.05) is 16.9 Å². The number of rotatable bonds is 3. The Morgan fingerprint density at radius 3 is 3.00 bits per heavy atom. The second-order valence-electron chi connectivity index (χ2n) is 3.85. The van der Waals surface area contributed by atoms with Crippen LogP contribution in [0.15, 0.2) is 30.7 Å². The SMILES string of the molecule is Cc1ccc(NC(=O)NCc2cnc[nH]2)cc1Cl. The van der Waals surface area contributed by atoms with Crippen LogP contribution in [0.5, 0.6) is 0 Å². The third kappa shape index (κ3) is 3.24. The summed E-state index contributed by atoms with van der Waals surface area (Å²) in [7, 11) is 0. The maximum atomic E-state index is 11.6. The van der Waals surface area contributed by atoms with Crippen molar-refractivity contribution in [2.45, 2.75) is 13.5 Å². The molecule has 5 nitrogen and oxygen atoms in total. The molecular formula is C12H13ClN4O. The lowest BCUT2D eigenvalue weighted by molar-refractivity contribution is 0.251. The molecule has 94 valence electrons. The van der Waals surface area contributed by atoms with Crippen LogP contribution in [0.25, 0.3) is 0 Å². The van der Waals surface area contributed by atoms with Crippen LogP contribution in [0.1, 0.15) is 11.3 Å². The van der Waals surface area contributed by atoms with Crippen molar-refractivity contribution in [3.8, 4) is 0 Å². The molecule has 2 rings (SSSR count). The molecule has 0 aliphatic carbocycles. The fourth-order valence-corrected chi connectivity index (χ4v) is 1.58. The summed E-state index contributed by atoms with van der Waals surface area (Å²) in [6, 6.07) is 5.08. The van der Waals surface area contributed by atoms with E-state index in [1.165, 1.54) is 0 Å². The number of nitrogens with zero attached hydrogens (tertiary/aromatic N) is 1. The Bertz CT molecular complexity index is 539. The summed E-state index contributed by atoms with van der Waals surface area (Å²) in [5.41, 5.74) is 2.47. The van der Waals surface area contributed by atoms with Crippen LogP contribution in [0.3, 0.4) is 0 Å². The van der Waals surface area contributed by atoms with Crippen LogP contribution in [-0.4, -0.2) is 16.0 Å². The molecule has 2 aromatic rings. The molecule has 1 aromatic carbocycles. The second-order valence-corrected chi connectivity index (χ2v) is 4.26. The third-order valence-electron chi connectivity index (χ3n) is 2.42. The van der Waals surface area contributed by atoms with Crippen molar-refractivity contribution in [2.75, 3.05) is 5.32 Å². The number of aryl methyl sites for hydroxylation is 1. The number of halogens is 1. The molecule has 0 radical (unpaired) electrons. The van der Waals surface area contributed by atoms with Gasteiger partial charge in [-0.2, -0.15) is 0 Å². The van der Waals surface area contributed by atoms with Gasteiger partial charge in [-0.15, -0.1) is 0 Å². The molecule has 0 unspecified atom stereocenters. The molecule has 6 heteroatoms. The Balaban J connectivity index is 1.88. The average molecular weight is 265 g/mol. The number of carbonyl (C=O) groups is 1. The van der Waals surface area contributed by atoms with Gasteiger partial charge in [-0.3, -0.25) is 0 Å². The van der Waals surface area contributed by atoms with Crippen LogP contribution in [0, 0.1) is 6.92 Å². The van der Waals surface area contributed by atoms with Crippen LogP contribution in [0.4, 0.5) is 10.5 Å². The Morgan fingerprint density at radius 2 is 2.33 bits per heavy atom. The van der Waals surface area contributed by atoms with E-state index in [4.69, 9.17) is 11.6 Å². The number of urea groups is 1. The van der Waals surface area contributed by atoms with Gasteiger partial charge in [-0.25, -0.2) is 9.78 Å². The van der Waals surface area contributed by atoms with Gasteiger partial charge in [-0.1, -0.05) is 17.7 Å². The maximum Gasteiger partial charge on any atom is 0.319 e. The Labute approximate surface area is 110 Å². The molecule has 1 aromatic heterocycles. The standard InChI is InChI=1S/C12H13ClN4O/c1-8-2-3-9(4-11(8)13)17-12(18)15-6-10-5-14-7-16-10/h2-5,7H,6H2,1H3,(H,14,16)(H2,15,17,18). The Kier molecular flexibility index (Phi) is 3.84. The van der Waals surface area contributed by atoms with E-state index in [1.54, 1.807) is 24.7 Å². The first-order chi connectivity index (χ1) is 8.65. The van der Waals surface area contributed by atoms with Gasteiger partial charge in [0.2, 0.25) is 0 Å². The van der Waals surface area contributed by atoms with Gasteiger partial charge in [0.15, 0.2) is 0 Å². The zero-order chi connectivity index (χ0) is 13.0. The summed E-state index contributed by atoms with van der Waals surface area (Å²) in [6.07, 6.45) is 3.22. The highest BCUT2D eigenvalue weighted by Crippen LogP contribution is 2.19. The van der Waals surface area contributed by atoms with E-state index in [1.807, 2.05) is 13.0 Å². The van der Waals surface area contributed by atoms with Crippen molar-refractivity contribution in [2.24, 2.45) is 0 Å². The lowest BCUT2D eigenvalue weighted by Crippen LogP contribution is -2.28.